The number of nitrogens with zero attached hydrogens (tertiary/aromatic N) is 1. The minimum atomic E-state index is -0.644. The first-order chi connectivity index (χ1) is 34.9. The number of carbonyl (C=O) groups excluding carboxylic acids is 6. The van der Waals surface area contributed by atoms with Crippen molar-refractivity contribution < 1.29 is 58.3 Å². The summed E-state index contributed by atoms with van der Waals surface area (Å²) in [7, 11) is 0. The van der Waals surface area contributed by atoms with Crippen molar-refractivity contribution >= 4 is 47.2 Å². The number of unbranched alkanes of at least 4 members (excludes halogenated alkanes) is 1. The largest absolute Gasteiger partial charge is 0.411 e. The van der Waals surface area contributed by atoms with Crippen LogP contribution >= 0.6 is 0 Å². The molecule has 0 radical (unpaired) electrons. The number of rotatable bonds is 46. The molecule has 0 saturated heterocycles. The van der Waals surface area contributed by atoms with Gasteiger partial charge in [-0.15, -0.1) is 0 Å². The van der Waals surface area contributed by atoms with Crippen molar-refractivity contribution in [2.75, 3.05) is 92.1 Å². The lowest BCUT2D eigenvalue weighted by Crippen LogP contribution is -2.57. The monoisotopic (exact) mass is 1070 g/mol. The number of carbonyl (C=O) groups is 6. The van der Waals surface area contributed by atoms with Crippen LogP contribution in [0.2, 0.25) is 0 Å². The minimum absolute atomic E-state index is 0.0545. The predicted octanol–water partition coefficient (Wildman–Crippen LogP) is 3.65. The molecule has 0 bridgehead atoms. The molecular weight excluding hydrogens is 963 g/mol. The Labute approximate surface area is 451 Å². The van der Waals surface area contributed by atoms with Crippen LogP contribution in [-0.4, -0.2) is 162 Å². The Morgan fingerprint density at radius 1 is 0.573 bits per heavy atom. The van der Waals surface area contributed by atoms with Crippen LogP contribution in [0.3, 0.4) is 0 Å². The quantitative estimate of drug-likeness (QED) is 0.0139. The number of amides is 5. The van der Waals surface area contributed by atoms with Gasteiger partial charge in [0.25, 0.3) is 0 Å². The molecule has 5 amide bonds. The van der Waals surface area contributed by atoms with Gasteiger partial charge < -0.3 is 66.2 Å². The molecule has 0 aromatic carbocycles. The summed E-state index contributed by atoms with van der Waals surface area (Å²) in [5.41, 5.74) is -0.150. The molecule has 0 aromatic rings. The van der Waals surface area contributed by atoms with Crippen molar-refractivity contribution in [3.63, 3.8) is 0 Å². The second kappa shape index (κ2) is 37.7. The molecule has 0 saturated carbocycles. The zero-order valence-electron chi connectivity index (χ0n) is 49.0. The lowest BCUT2D eigenvalue weighted by atomic mass is 9.93. The summed E-state index contributed by atoms with van der Waals surface area (Å²) in [5, 5.41) is 40.0. The van der Waals surface area contributed by atoms with Crippen molar-refractivity contribution in [1.29, 1.82) is 0 Å². The number of hydrogen-bond donors (Lipinski definition) is 9. The summed E-state index contributed by atoms with van der Waals surface area (Å²) < 4.78 is 23.5. The molecule has 0 fully saturated rings. The lowest BCUT2D eigenvalue weighted by Gasteiger charge is -2.29. The zero-order valence-corrected chi connectivity index (χ0v) is 49.0. The third-order valence-corrected chi connectivity index (χ3v) is 13.0. The second-order valence-electron chi connectivity index (χ2n) is 24.0. The standard InChI is InChI=1S/C55H105N9O11/c1-41(32-59-44(4)66)34-74-39-52(7,8)37-73-31-25-49(69)60-35-51(5,6)36-75-40-53(9,10)38-72-30-24-48(68)57-26-16-15-18-46(33-65)63-50(70)20-17-19-47(67)58-27-21-45(22-28-61-54(11,12)42(2)56)23-29-62-55(13,14)43(3)64-71/h33,41,45-46,56,61-62,71H,15-32,34-40H2,1-14H3,(H,57,68)(H,58,67)(H,59,66)(H,60,69)(H,63,70)/p+1/b56-42?,64-43-. The van der Waals surface area contributed by atoms with Crippen molar-refractivity contribution in [3.8, 4) is 0 Å². The van der Waals surface area contributed by atoms with Crippen LogP contribution in [0.1, 0.15) is 168 Å². The van der Waals surface area contributed by atoms with Crippen LogP contribution < -0.4 is 42.6 Å². The average molecular weight is 1070 g/mol. The summed E-state index contributed by atoms with van der Waals surface area (Å²) in [6.07, 6.45) is 6.08. The number of aldehydes is 1. The molecule has 0 heterocycles. The van der Waals surface area contributed by atoms with E-state index < -0.39 is 11.6 Å². The molecule has 20 heteroatoms. The first-order valence-electron chi connectivity index (χ1n) is 27.3. The van der Waals surface area contributed by atoms with E-state index in [0.29, 0.717) is 116 Å². The maximum atomic E-state index is 12.7. The smallest absolute Gasteiger partial charge is 0.222 e. The molecule has 0 aromatic heterocycles. The highest BCUT2D eigenvalue weighted by atomic mass is 16.5. The Bertz CT molecular complexity index is 1720. The number of nitrogens with one attached hydrogen (secondary N) is 7. The van der Waals surface area contributed by atoms with Crippen molar-refractivity contribution in [1.82, 2.24) is 37.2 Å². The maximum Gasteiger partial charge on any atom is 0.222 e. The molecule has 3 unspecified atom stereocenters. The van der Waals surface area contributed by atoms with E-state index in [2.05, 4.69) is 42.4 Å². The van der Waals surface area contributed by atoms with Gasteiger partial charge in [-0.1, -0.05) is 53.6 Å². The molecule has 0 aliphatic carbocycles. The average Bonchev–Trinajstić information content (AvgIpc) is 3.31. The summed E-state index contributed by atoms with van der Waals surface area (Å²) in [6, 6.07) is -0.644. The van der Waals surface area contributed by atoms with E-state index in [9.17, 15) is 34.0 Å². The van der Waals surface area contributed by atoms with E-state index in [1.165, 1.54) is 6.92 Å². The number of ether oxygens (including phenoxy) is 4. The second-order valence-corrected chi connectivity index (χ2v) is 24.0. The minimum Gasteiger partial charge on any atom is -0.411 e. The third-order valence-electron chi connectivity index (χ3n) is 13.0. The van der Waals surface area contributed by atoms with E-state index in [1.54, 1.807) is 6.92 Å². The molecule has 10 N–H and O–H groups in total. The highest BCUT2D eigenvalue weighted by Gasteiger charge is 2.27. The summed E-state index contributed by atoms with van der Waals surface area (Å²) in [6.45, 7) is 34.2. The van der Waals surface area contributed by atoms with Crippen LogP contribution in [0, 0.1) is 28.1 Å². The van der Waals surface area contributed by atoms with Gasteiger partial charge in [-0.3, -0.25) is 29.4 Å². The van der Waals surface area contributed by atoms with Gasteiger partial charge in [0.1, 0.15) is 6.29 Å². The van der Waals surface area contributed by atoms with Crippen LogP contribution in [0.25, 0.3) is 0 Å². The van der Waals surface area contributed by atoms with Crippen molar-refractivity contribution in [2.24, 2.45) is 33.2 Å². The molecule has 0 rings (SSSR count). The summed E-state index contributed by atoms with van der Waals surface area (Å²) in [5.74, 6) is -0.178. The molecule has 3 atom stereocenters. The van der Waals surface area contributed by atoms with Gasteiger partial charge in [0.15, 0.2) is 5.71 Å². The van der Waals surface area contributed by atoms with Crippen LogP contribution in [0.5, 0.6) is 0 Å². The van der Waals surface area contributed by atoms with Gasteiger partial charge in [0.05, 0.1) is 75.7 Å². The van der Waals surface area contributed by atoms with Gasteiger partial charge in [0.2, 0.25) is 29.5 Å². The maximum absolute atomic E-state index is 12.7. The number of oxime groups is 1. The van der Waals surface area contributed by atoms with Gasteiger partial charge in [0, 0.05) is 82.0 Å². The molecular formula is C55H106N9O11+. The molecule has 20 nitrogen and oxygen atoms in total. The first-order valence-corrected chi connectivity index (χ1v) is 27.3. The van der Waals surface area contributed by atoms with E-state index in [-0.39, 0.29) is 89.5 Å². The van der Waals surface area contributed by atoms with E-state index in [1.807, 2.05) is 83.1 Å². The van der Waals surface area contributed by atoms with Crippen LogP contribution in [-0.2, 0) is 47.7 Å². The van der Waals surface area contributed by atoms with Crippen LogP contribution in [0.4, 0.5) is 0 Å². The third kappa shape index (κ3) is 38.2. The molecule has 436 valence electrons. The summed E-state index contributed by atoms with van der Waals surface area (Å²) in [4.78, 5) is 73.1. The Morgan fingerprint density at radius 2 is 1.07 bits per heavy atom. The molecule has 0 aliphatic rings. The molecule has 0 spiro atoms. The SMILES string of the molecule is CC(=[NH2+])C(C)(C)NCCC(CCNC(=O)CCCC(=O)NC(C=O)CCCCNC(=O)CCOCC(C)(C)COCC(C)(C)CNC(=O)CCOCC(C)(C)COCC(C)CNC(C)=O)CCNC(C)(C)/C(C)=N\O. The number of hydrogen-bond acceptors (Lipinski definition) is 14. The predicted molar refractivity (Wildman–Crippen MR) is 295 cm³/mol. The van der Waals surface area contributed by atoms with Crippen molar-refractivity contribution in [3.05, 3.63) is 0 Å². The Balaban J connectivity index is 4.32. The lowest BCUT2D eigenvalue weighted by molar-refractivity contribution is -0.125. The highest BCUT2D eigenvalue weighted by Crippen LogP contribution is 2.21. The fraction of sp³-hybridized carbons (Fsp3) is 0.855. The van der Waals surface area contributed by atoms with E-state index in [0.717, 1.165) is 37.8 Å². The fourth-order valence-corrected chi connectivity index (χ4v) is 7.28. The van der Waals surface area contributed by atoms with Gasteiger partial charge >= 0.3 is 0 Å². The van der Waals surface area contributed by atoms with E-state index in [4.69, 9.17) is 24.4 Å². The molecule has 0 aliphatic heterocycles. The Hall–Kier alpha value is -4.08. The molecule has 75 heavy (non-hydrogen) atoms. The highest BCUT2D eigenvalue weighted by molar-refractivity contribution is 5.90. The van der Waals surface area contributed by atoms with E-state index >= 15 is 0 Å². The van der Waals surface area contributed by atoms with Gasteiger partial charge in [-0.25, -0.2) is 0 Å². The Kier molecular flexibility index (Phi) is 35.6. The normalized spacial score (nSPS) is 13.9. The van der Waals surface area contributed by atoms with Crippen molar-refractivity contribution in [2.45, 2.75) is 185 Å². The zero-order chi connectivity index (χ0) is 57.1. The van der Waals surface area contributed by atoms with Crippen LogP contribution in [0.15, 0.2) is 5.16 Å². The Morgan fingerprint density at radius 3 is 1.63 bits per heavy atom. The van der Waals surface area contributed by atoms with Gasteiger partial charge in [-0.05, 0) is 104 Å². The van der Waals surface area contributed by atoms with Gasteiger partial charge in [-0.2, -0.15) is 0 Å². The number of nitrogens with two attached hydrogens (primary N) is 1. The first kappa shape index (κ1) is 70.9. The summed E-state index contributed by atoms with van der Waals surface area (Å²) >= 11 is 0. The topological polar surface area (TPSA) is 282 Å². The fourth-order valence-electron chi connectivity index (χ4n) is 7.28.